The molecule has 4 aromatic rings. The topological polar surface area (TPSA) is 106 Å². The second kappa shape index (κ2) is 7.68. The quantitative estimate of drug-likeness (QED) is 0.271. The van der Waals surface area contributed by atoms with Gasteiger partial charge in [-0.25, -0.2) is 9.97 Å². The minimum Gasteiger partial charge on any atom is -0.455 e. The highest BCUT2D eigenvalue weighted by Gasteiger charge is 2.20. The average Bonchev–Trinajstić information content (AvgIpc) is 3.38. The standard InChI is InChI=1S/C21H17N5O3S/c27-26(28)16-7-3-1-5-14(16)17-10-9-13(29-17)11-24-25-20-19-15-6-2-4-8-18(15)30-21(19)23-12-22-20/h1,3,5,7,9-12H,2,4,6,8H2,(H,22,23,25). The van der Waals surface area contributed by atoms with Crippen LogP contribution >= 0.6 is 11.3 Å². The SMILES string of the molecule is O=[N+]([O-])c1ccccc1-c1ccc(C=NNc2ncnc3sc4c(c23)CCCC4)o1. The maximum Gasteiger partial charge on any atom is 0.280 e. The number of anilines is 1. The number of para-hydroxylation sites is 1. The van der Waals surface area contributed by atoms with Gasteiger partial charge in [0.1, 0.15) is 22.7 Å². The Labute approximate surface area is 175 Å². The highest BCUT2D eigenvalue weighted by Crippen LogP contribution is 2.38. The van der Waals surface area contributed by atoms with E-state index >= 15 is 0 Å². The third-order valence-electron chi connectivity index (χ3n) is 5.11. The summed E-state index contributed by atoms with van der Waals surface area (Å²) in [6.45, 7) is 0. The fourth-order valence-electron chi connectivity index (χ4n) is 3.74. The average molecular weight is 419 g/mol. The number of aryl methyl sites for hydroxylation is 2. The molecule has 3 heterocycles. The van der Waals surface area contributed by atoms with Crippen molar-refractivity contribution in [2.45, 2.75) is 25.7 Å². The van der Waals surface area contributed by atoms with E-state index in [1.807, 2.05) is 0 Å². The number of hydrazone groups is 1. The zero-order valence-corrected chi connectivity index (χ0v) is 16.7. The molecule has 0 amide bonds. The summed E-state index contributed by atoms with van der Waals surface area (Å²) in [4.78, 5) is 22.0. The number of hydrogen-bond donors (Lipinski definition) is 1. The lowest BCUT2D eigenvalue weighted by Crippen LogP contribution is -2.00. The maximum atomic E-state index is 11.2. The van der Waals surface area contributed by atoms with Crippen molar-refractivity contribution >= 4 is 39.3 Å². The van der Waals surface area contributed by atoms with Crippen molar-refractivity contribution in [3.8, 4) is 11.3 Å². The molecular weight excluding hydrogens is 402 g/mol. The van der Waals surface area contributed by atoms with Gasteiger partial charge in [0.2, 0.25) is 0 Å². The minimum atomic E-state index is -0.422. The van der Waals surface area contributed by atoms with E-state index in [-0.39, 0.29) is 5.69 Å². The van der Waals surface area contributed by atoms with Crippen molar-refractivity contribution in [2.75, 3.05) is 5.43 Å². The molecule has 1 aromatic carbocycles. The Morgan fingerprint density at radius 3 is 2.93 bits per heavy atom. The smallest absolute Gasteiger partial charge is 0.280 e. The Morgan fingerprint density at radius 1 is 1.17 bits per heavy atom. The molecular formula is C21H17N5O3S. The number of nitro benzene ring substituents is 1. The number of aromatic nitrogens is 2. The monoisotopic (exact) mass is 419 g/mol. The molecule has 30 heavy (non-hydrogen) atoms. The van der Waals surface area contributed by atoms with E-state index in [1.54, 1.807) is 48.0 Å². The first-order chi connectivity index (χ1) is 14.7. The number of nitrogens with zero attached hydrogens (tertiary/aromatic N) is 4. The molecule has 1 aliphatic rings. The maximum absolute atomic E-state index is 11.2. The molecule has 5 rings (SSSR count). The highest BCUT2D eigenvalue weighted by molar-refractivity contribution is 7.19. The Balaban J connectivity index is 1.39. The summed E-state index contributed by atoms with van der Waals surface area (Å²) in [5, 5.41) is 16.6. The van der Waals surface area contributed by atoms with Gasteiger partial charge in [0.05, 0.1) is 22.1 Å². The van der Waals surface area contributed by atoms with Gasteiger partial charge in [-0.2, -0.15) is 5.10 Å². The summed E-state index contributed by atoms with van der Waals surface area (Å²) in [5.74, 6) is 1.58. The van der Waals surface area contributed by atoms with E-state index < -0.39 is 4.92 Å². The number of thiophene rings is 1. The van der Waals surface area contributed by atoms with E-state index in [1.165, 1.54) is 35.6 Å². The van der Waals surface area contributed by atoms with Crippen LogP contribution in [0.2, 0.25) is 0 Å². The number of benzene rings is 1. The van der Waals surface area contributed by atoms with Crippen LogP contribution in [0.4, 0.5) is 11.5 Å². The Morgan fingerprint density at radius 2 is 2.03 bits per heavy atom. The summed E-state index contributed by atoms with van der Waals surface area (Å²) in [7, 11) is 0. The molecule has 0 aliphatic heterocycles. The molecule has 0 saturated carbocycles. The second-order valence-corrected chi connectivity index (χ2v) is 8.04. The van der Waals surface area contributed by atoms with E-state index in [9.17, 15) is 10.1 Å². The number of furan rings is 1. The number of nitro groups is 1. The number of hydrogen-bond acceptors (Lipinski definition) is 8. The molecule has 0 unspecified atom stereocenters. The van der Waals surface area contributed by atoms with Gasteiger partial charge in [0.25, 0.3) is 5.69 Å². The van der Waals surface area contributed by atoms with Crippen LogP contribution in [0.3, 0.4) is 0 Å². The third-order valence-corrected chi connectivity index (χ3v) is 6.31. The molecule has 1 N–H and O–H groups in total. The van der Waals surface area contributed by atoms with Gasteiger partial charge in [-0.1, -0.05) is 12.1 Å². The molecule has 0 saturated heterocycles. The van der Waals surface area contributed by atoms with Crippen LogP contribution in [0.15, 0.2) is 52.2 Å². The van der Waals surface area contributed by atoms with Crippen LogP contribution in [-0.4, -0.2) is 21.1 Å². The van der Waals surface area contributed by atoms with Crippen molar-refractivity contribution in [3.05, 3.63) is 69.0 Å². The molecule has 1 aliphatic carbocycles. The van der Waals surface area contributed by atoms with Crippen LogP contribution in [-0.2, 0) is 12.8 Å². The van der Waals surface area contributed by atoms with Crippen LogP contribution in [0.5, 0.6) is 0 Å². The van der Waals surface area contributed by atoms with Crippen LogP contribution < -0.4 is 5.43 Å². The molecule has 150 valence electrons. The lowest BCUT2D eigenvalue weighted by atomic mass is 9.97. The Bertz CT molecular complexity index is 1280. The van der Waals surface area contributed by atoms with Crippen LogP contribution in [0.1, 0.15) is 29.0 Å². The summed E-state index contributed by atoms with van der Waals surface area (Å²) in [5.41, 5.74) is 4.77. The first-order valence-electron chi connectivity index (χ1n) is 9.58. The summed E-state index contributed by atoms with van der Waals surface area (Å²) >= 11 is 1.73. The fraction of sp³-hybridized carbons (Fsp3) is 0.190. The minimum absolute atomic E-state index is 0.000858. The lowest BCUT2D eigenvalue weighted by molar-refractivity contribution is -0.384. The van der Waals surface area contributed by atoms with Gasteiger partial charge in [0, 0.05) is 10.9 Å². The van der Waals surface area contributed by atoms with Crippen molar-refractivity contribution < 1.29 is 9.34 Å². The summed E-state index contributed by atoms with van der Waals surface area (Å²) in [6, 6.07) is 9.90. The third kappa shape index (κ3) is 3.33. The lowest BCUT2D eigenvalue weighted by Gasteiger charge is -2.11. The van der Waals surface area contributed by atoms with Gasteiger partial charge in [-0.3, -0.25) is 15.5 Å². The summed E-state index contributed by atoms with van der Waals surface area (Å²) in [6.07, 6.45) is 7.61. The molecule has 0 atom stereocenters. The molecule has 0 spiro atoms. The normalized spacial score (nSPS) is 13.6. The van der Waals surface area contributed by atoms with E-state index in [4.69, 9.17) is 4.42 Å². The van der Waals surface area contributed by atoms with Gasteiger partial charge in [-0.05, 0) is 49.4 Å². The van der Waals surface area contributed by atoms with Gasteiger partial charge in [0.15, 0.2) is 5.82 Å². The fourth-order valence-corrected chi connectivity index (χ4v) is 4.97. The predicted molar refractivity (Wildman–Crippen MR) is 116 cm³/mol. The molecule has 0 fully saturated rings. The molecule has 0 bridgehead atoms. The molecule has 0 radical (unpaired) electrons. The van der Waals surface area contributed by atoms with E-state index in [2.05, 4.69) is 20.5 Å². The molecule has 8 nitrogen and oxygen atoms in total. The van der Waals surface area contributed by atoms with Crippen molar-refractivity contribution in [1.82, 2.24) is 9.97 Å². The van der Waals surface area contributed by atoms with E-state index in [0.29, 0.717) is 22.9 Å². The van der Waals surface area contributed by atoms with Gasteiger partial charge >= 0.3 is 0 Å². The predicted octanol–water partition coefficient (Wildman–Crippen LogP) is 5.18. The second-order valence-electron chi connectivity index (χ2n) is 6.96. The highest BCUT2D eigenvalue weighted by atomic mass is 32.1. The van der Waals surface area contributed by atoms with Gasteiger partial charge < -0.3 is 4.42 Å². The number of fused-ring (bicyclic) bond motifs is 3. The number of nitrogens with one attached hydrogen (secondary N) is 1. The first-order valence-corrected chi connectivity index (χ1v) is 10.4. The Kier molecular flexibility index (Phi) is 4.72. The first kappa shape index (κ1) is 18.4. The Hall–Kier alpha value is -3.59. The zero-order chi connectivity index (χ0) is 20.5. The van der Waals surface area contributed by atoms with Crippen molar-refractivity contribution in [3.63, 3.8) is 0 Å². The summed E-state index contributed by atoms with van der Waals surface area (Å²) < 4.78 is 5.74. The molecule has 3 aromatic heterocycles. The van der Waals surface area contributed by atoms with Gasteiger partial charge in [-0.15, -0.1) is 11.3 Å². The number of rotatable bonds is 5. The van der Waals surface area contributed by atoms with Crippen molar-refractivity contribution in [2.24, 2.45) is 5.10 Å². The van der Waals surface area contributed by atoms with Crippen LogP contribution in [0, 0.1) is 10.1 Å². The van der Waals surface area contributed by atoms with Crippen molar-refractivity contribution in [1.29, 1.82) is 0 Å². The zero-order valence-electron chi connectivity index (χ0n) is 15.9. The van der Waals surface area contributed by atoms with Crippen LogP contribution in [0.25, 0.3) is 21.5 Å². The van der Waals surface area contributed by atoms with E-state index in [0.717, 1.165) is 23.1 Å². The molecule has 9 heteroatoms. The largest absolute Gasteiger partial charge is 0.455 e.